The van der Waals surface area contributed by atoms with Crippen LogP contribution in [0.3, 0.4) is 0 Å². The van der Waals surface area contributed by atoms with Crippen LogP contribution < -0.4 is 5.32 Å². The second-order valence-electron chi connectivity index (χ2n) is 7.81. The van der Waals surface area contributed by atoms with Gasteiger partial charge in [0.15, 0.2) is 0 Å². The van der Waals surface area contributed by atoms with Crippen LogP contribution in [0.2, 0.25) is 0 Å². The van der Waals surface area contributed by atoms with Crippen LogP contribution in [0.15, 0.2) is 79.1 Å². The van der Waals surface area contributed by atoms with E-state index in [0.29, 0.717) is 34.7 Å². The van der Waals surface area contributed by atoms with Gasteiger partial charge >= 0.3 is 18.1 Å². The first kappa shape index (κ1) is 27.6. The molecule has 0 amide bonds. The summed E-state index contributed by atoms with van der Waals surface area (Å²) in [6, 6.07) is 12.9. The molecule has 0 bridgehead atoms. The predicted octanol–water partition coefficient (Wildman–Crippen LogP) is 4.97. The molecule has 196 valence electrons. The number of carboxylic acids is 2. The monoisotopic (exact) mass is 526 g/mol. The number of phenolic OH excluding ortho intramolecular Hbond substituents is 1. The third-order valence-corrected chi connectivity index (χ3v) is 5.10. The minimum atomic E-state index is -4.43. The summed E-state index contributed by atoms with van der Waals surface area (Å²) in [6.07, 6.45) is -0.173. The van der Waals surface area contributed by atoms with Crippen LogP contribution >= 0.6 is 0 Å². The molecule has 0 spiro atoms. The van der Waals surface area contributed by atoms with Gasteiger partial charge in [0.25, 0.3) is 0 Å². The number of nitrogens with one attached hydrogen (secondary N) is 1. The van der Waals surface area contributed by atoms with E-state index in [1.807, 2.05) is 6.07 Å². The fourth-order valence-corrected chi connectivity index (χ4v) is 3.37. The smallest absolute Gasteiger partial charge is 0.416 e. The highest BCUT2D eigenvalue weighted by atomic mass is 19.4. The highest BCUT2D eigenvalue weighted by Crippen LogP contribution is 2.37. The second-order valence-corrected chi connectivity index (χ2v) is 7.81. The maximum absolute atomic E-state index is 13.0. The van der Waals surface area contributed by atoms with Crippen LogP contribution in [-0.2, 0) is 15.8 Å². The Bertz CT molecular complexity index is 1460. The van der Waals surface area contributed by atoms with E-state index in [4.69, 9.17) is 10.2 Å². The Labute approximate surface area is 214 Å². The lowest BCUT2D eigenvalue weighted by molar-refractivity contribution is -0.137. The number of fused-ring (bicyclic) bond motifs is 1. The van der Waals surface area contributed by atoms with Crippen LogP contribution in [0.4, 0.5) is 19.1 Å². The molecule has 0 saturated carbocycles. The lowest BCUT2D eigenvalue weighted by Crippen LogP contribution is -2.15. The van der Waals surface area contributed by atoms with Crippen LogP contribution in [0.5, 0.6) is 5.75 Å². The van der Waals surface area contributed by atoms with Crippen LogP contribution in [-0.4, -0.2) is 42.2 Å². The minimum Gasteiger partial charge on any atom is -0.505 e. The molecule has 38 heavy (non-hydrogen) atoms. The van der Waals surface area contributed by atoms with Gasteiger partial charge in [0.2, 0.25) is 5.95 Å². The first-order valence-electron chi connectivity index (χ1n) is 10.9. The van der Waals surface area contributed by atoms with Gasteiger partial charge in [-0.05, 0) is 36.8 Å². The fourth-order valence-electron chi connectivity index (χ4n) is 3.37. The number of aryl methyl sites for hydroxylation is 1. The van der Waals surface area contributed by atoms with E-state index in [1.165, 1.54) is 12.1 Å². The van der Waals surface area contributed by atoms with Gasteiger partial charge in [0.1, 0.15) is 11.3 Å². The predicted molar refractivity (Wildman–Crippen MR) is 131 cm³/mol. The first-order chi connectivity index (χ1) is 18.0. The van der Waals surface area contributed by atoms with E-state index in [9.17, 15) is 27.9 Å². The largest absolute Gasteiger partial charge is 0.505 e. The Balaban J connectivity index is 0.000000436. The normalized spacial score (nSPS) is 12.0. The van der Waals surface area contributed by atoms with Crippen molar-refractivity contribution in [3.63, 3.8) is 0 Å². The molecular weight excluding hydrogens is 505 g/mol. The third kappa shape index (κ3) is 7.26. The molecule has 2 heterocycles. The number of rotatable bonds is 6. The molecule has 2 aromatic heterocycles. The molecule has 0 aliphatic rings. The van der Waals surface area contributed by atoms with Crippen molar-refractivity contribution in [3.05, 3.63) is 102 Å². The Morgan fingerprint density at radius 3 is 2.16 bits per heavy atom. The van der Waals surface area contributed by atoms with Crippen molar-refractivity contribution in [1.29, 1.82) is 0 Å². The molecule has 4 rings (SSSR count). The lowest BCUT2D eigenvalue weighted by Gasteiger charge is -2.22. The maximum atomic E-state index is 13.0. The molecule has 0 radical (unpaired) electrons. The summed E-state index contributed by atoms with van der Waals surface area (Å²) in [6.45, 7) is 1.80. The van der Waals surface area contributed by atoms with E-state index in [-0.39, 0.29) is 5.75 Å². The van der Waals surface area contributed by atoms with E-state index >= 15 is 0 Å². The number of phenols is 1. The highest BCUT2D eigenvalue weighted by molar-refractivity contribution is 5.89. The quantitative estimate of drug-likeness (QED) is 0.256. The Morgan fingerprint density at radius 2 is 1.58 bits per heavy atom. The van der Waals surface area contributed by atoms with Crippen molar-refractivity contribution in [1.82, 2.24) is 15.0 Å². The SMILES string of the molecule is Cc1ccnc(NC(c2ccc(C(F)(F)F)cc2)c2ccc3cccnc3c2O)n1.O=C(O)/C=C/C(=O)O. The van der Waals surface area contributed by atoms with Crippen molar-refractivity contribution in [2.24, 2.45) is 0 Å². The van der Waals surface area contributed by atoms with Crippen molar-refractivity contribution in [2.45, 2.75) is 19.1 Å². The van der Waals surface area contributed by atoms with Crippen LogP contribution in [0.1, 0.15) is 28.4 Å². The van der Waals surface area contributed by atoms with Gasteiger partial charge in [-0.2, -0.15) is 13.2 Å². The van der Waals surface area contributed by atoms with Crippen molar-refractivity contribution < 1.29 is 38.1 Å². The number of nitrogens with zero attached hydrogens (tertiary/aromatic N) is 3. The van der Waals surface area contributed by atoms with E-state index in [0.717, 1.165) is 23.2 Å². The van der Waals surface area contributed by atoms with Gasteiger partial charge in [-0.25, -0.2) is 19.6 Å². The molecule has 0 saturated heterocycles. The van der Waals surface area contributed by atoms with E-state index < -0.39 is 29.7 Å². The van der Waals surface area contributed by atoms with Gasteiger partial charge in [0.05, 0.1) is 11.6 Å². The molecule has 4 aromatic rings. The van der Waals surface area contributed by atoms with Crippen molar-refractivity contribution in [3.8, 4) is 5.75 Å². The second kappa shape index (κ2) is 11.8. The topological polar surface area (TPSA) is 146 Å². The Kier molecular flexibility index (Phi) is 8.58. The number of benzene rings is 2. The number of aromatic nitrogens is 3. The maximum Gasteiger partial charge on any atom is 0.416 e. The molecule has 0 aliphatic heterocycles. The number of carbonyl (C=O) groups is 2. The molecule has 2 aromatic carbocycles. The van der Waals surface area contributed by atoms with Crippen molar-refractivity contribution in [2.75, 3.05) is 5.32 Å². The zero-order chi connectivity index (χ0) is 27.9. The summed E-state index contributed by atoms with van der Waals surface area (Å²) in [7, 11) is 0. The number of halogens is 3. The number of anilines is 1. The molecule has 0 fully saturated rings. The molecule has 1 atom stereocenters. The number of hydrogen-bond donors (Lipinski definition) is 4. The first-order valence-corrected chi connectivity index (χ1v) is 10.9. The average Bonchev–Trinajstić information content (AvgIpc) is 2.87. The summed E-state index contributed by atoms with van der Waals surface area (Å²) in [5.41, 5.74) is 1.34. The Hall–Kier alpha value is -5.00. The number of hydrogen-bond acceptors (Lipinski definition) is 7. The zero-order valence-corrected chi connectivity index (χ0v) is 19.7. The minimum absolute atomic E-state index is 0.0573. The molecule has 4 N–H and O–H groups in total. The van der Waals surface area contributed by atoms with Gasteiger partial charge < -0.3 is 20.6 Å². The third-order valence-electron chi connectivity index (χ3n) is 5.10. The van der Waals surface area contributed by atoms with Crippen LogP contribution in [0, 0.1) is 6.92 Å². The van der Waals surface area contributed by atoms with E-state index in [1.54, 1.807) is 43.6 Å². The molecular formula is C26H21F3N4O5. The van der Waals surface area contributed by atoms with Crippen molar-refractivity contribution >= 4 is 28.8 Å². The number of pyridine rings is 1. The van der Waals surface area contributed by atoms with E-state index in [2.05, 4.69) is 20.3 Å². The lowest BCUT2D eigenvalue weighted by atomic mass is 9.95. The van der Waals surface area contributed by atoms with Gasteiger partial charge in [-0.1, -0.05) is 30.3 Å². The number of aliphatic carboxylic acids is 2. The number of alkyl halides is 3. The highest BCUT2D eigenvalue weighted by Gasteiger charge is 2.30. The van der Waals surface area contributed by atoms with Gasteiger partial charge in [-0.15, -0.1) is 0 Å². The summed E-state index contributed by atoms with van der Waals surface area (Å²) in [5, 5.41) is 30.4. The fraction of sp³-hybridized carbons (Fsp3) is 0.115. The summed E-state index contributed by atoms with van der Waals surface area (Å²) < 4.78 is 39.0. The standard InChI is InChI=1S/C22H17F3N4O.C4H4O4/c1-13-10-12-27-21(28-13)29-18(15-4-7-16(8-5-15)22(23,24)25)17-9-6-14-3-2-11-26-19(14)20(17)30;5-3(6)1-2-4(7)8/h2-12,18,30H,1H3,(H,27,28,29);1-2H,(H,5,6)(H,7,8)/b;2-1+. The average molecular weight is 526 g/mol. The van der Waals surface area contributed by atoms with Gasteiger partial charge in [-0.3, -0.25) is 4.98 Å². The summed E-state index contributed by atoms with van der Waals surface area (Å²) >= 11 is 0. The van der Waals surface area contributed by atoms with Gasteiger partial charge in [0, 0.05) is 41.2 Å². The molecule has 1 unspecified atom stereocenters. The number of carboxylic acid groups (broad SMARTS) is 2. The summed E-state index contributed by atoms with van der Waals surface area (Å²) in [4.78, 5) is 31.8. The zero-order valence-electron chi connectivity index (χ0n) is 19.7. The summed E-state index contributed by atoms with van der Waals surface area (Å²) in [5.74, 6) is -2.28. The molecule has 12 heteroatoms. The molecule has 0 aliphatic carbocycles. The number of aromatic hydroxyl groups is 1. The van der Waals surface area contributed by atoms with Crippen LogP contribution in [0.25, 0.3) is 10.9 Å². The molecule has 9 nitrogen and oxygen atoms in total. The Morgan fingerprint density at radius 1 is 0.921 bits per heavy atom.